The van der Waals surface area contributed by atoms with E-state index in [0.29, 0.717) is 6.61 Å². The smallest absolute Gasteiger partial charge is 0.120 e. The molecule has 2 rings (SSSR count). The fraction of sp³-hybridized carbons (Fsp3) is 0.375. The summed E-state index contributed by atoms with van der Waals surface area (Å²) in [4.78, 5) is 0. The molecular formula is C16H19Br2NOS. The summed E-state index contributed by atoms with van der Waals surface area (Å²) < 4.78 is 7.79. The molecule has 0 aliphatic heterocycles. The lowest BCUT2D eigenvalue weighted by Gasteiger charge is -2.20. The number of halogens is 2. The second-order valence-corrected chi connectivity index (χ2v) is 7.83. The van der Waals surface area contributed by atoms with Crippen molar-refractivity contribution < 1.29 is 4.74 Å². The van der Waals surface area contributed by atoms with Crippen molar-refractivity contribution in [2.75, 3.05) is 13.2 Å². The van der Waals surface area contributed by atoms with Crippen molar-refractivity contribution in [3.63, 3.8) is 0 Å². The Kier molecular flexibility index (Phi) is 6.74. The normalized spacial score (nSPS) is 12.4. The van der Waals surface area contributed by atoms with Gasteiger partial charge in [0.05, 0.1) is 16.4 Å². The monoisotopic (exact) mass is 431 g/mol. The predicted octanol–water partition coefficient (Wildman–Crippen LogP) is 5.76. The van der Waals surface area contributed by atoms with Crippen molar-refractivity contribution in [3.8, 4) is 5.75 Å². The average Bonchev–Trinajstić information content (AvgIpc) is 2.88. The van der Waals surface area contributed by atoms with Gasteiger partial charge in [0.1, 0.15) is 5.75 Å². The van der Waals surface area contributed by atoms with Crippen LogP contribution >= 0.6 is 43.2 Å². The van der Waals surface area contributed by atoms with Crippen LogP contribution in [0.2, 0.25) is 0 Å². The van der Waals surface area contributed by atoms with E-state index in [2.05, 4.69) is 61.6 Å². The molecule has 0 radical (unpaired) electrons. The minimum atomic E-state index is 0.192. The standard InChI is InChI=1S/C16H19Br2NOS/c1-3-7-19-16(11-8-15(18)21-10-11)13-6-5-12(20-4-2)9-14(13)17/h5-6,8-10,16,19H,3-4,7H2,1-2H3. The van der Waals surface area contributed by atoms with Gasteiger partial charge in [0, 0.05) is 4.47 Å². The Morgan fingerprint density at radius 2 is 2.05 bits per heavy atom. The van der Waals surface area contributed by atoms with Gasteiger partial charge in [0.2, 0.25) is 0 Å². The number of hydrogen-bond donors (Lipinski definition) is 1. The van der Waals surface area contributed by atoms with Gasteiger partial charge in [0.25, 0.3) is 0 Å². The molecule has 2 aromatic rings. The van der Waals surface area contributed by atoms with Crippen LogP contribution in [0.1, 0.15) is 37.4 Å². The summed E-state index contributed by atoms with van der Waals surface area (Å²) in [5.74, 6) is 0.897. The fourth-order valence-corrected chi connectivity index (χ4v) is 3.96. The van der Waals surface area contributed by atoms with Crippen molar-refractivity contribution in [3.05, 3.63) is 49.0 Å². The third kappa shape index (κ3) is 4.55. The van der Waals surface area contributed by atoms with Crippen LogP contribution in [0.15, 0.2) is 37.9 Å². The molecule has 0 spiro atoms. The van der Waals surface area contributed by atoms with Gasteiger partial charge < -0.3 is 10.1 Å². The van der Waals surface area contributed by atoms with Crippen LogP contribution in [-0.4, -0.2) is 13.2 Å². The van der Waals surface area contributed by atoms with E-state index in [9.17, 15) is 0 Å². The zero-order valence-corrected chi connectivity index (χ0v) is 16.1. The highest BCUT2D eigenvalue weighted by molar-refractivity contribution is 9.11. The average molecular weight is 433 g/mol. The first-order chi connectivity index (χ1) is 10.2. The van der Waals surface area contributed by atoms with E-state index in [1.54, 1.807) is 11.3 Å². The van der Waals surface area contributed by atoms with Crippen LogP contribution < -0.4 is 10.1 Å². The predicted molar refractivity (Wildman–Crippen MR) is 97.5 cm³/mol. The topological polar surface area (TPSA) is 21.3 Å². The second kappa shape index (κ2) is 8.32. The molecule has 5 heteroatoms. The third-order valence-corrected chi connectivity index (χ3v) is 5.32. The molecule has 1 atom stereocenters. The van der Waals surface area contributed by atoms with E-state index >= 15 is 0 Å². The lowest BCUT2D eigenvalue weighted by Crippen LogP contribution is -2.23. The molecule has 0 saturated heterocycles. The van der Waals surface area contributed by atoms with Crippen LogP contribution in [0.4, 0.5) is 0 Å². The molecule has 0 saturated carbocycles. The molecule has 0 bridgehead atoms. The van der Waals surface area contributed by atoms with Gasteiger partial charge in [-0.05, 0) is 70.5 Å². The number of benzene rings is 1. The molecule has 21 heavy (non-hydrogen) atoms. The van der Waals surface area contributed by atoms with E-state index in [4.69, 9.17) is 4.74 Å². The van der Waals surface area contributed by atoms with Crippen molar-refractivity contribution in [1.29, 1.82) is 0 Å². The Morgan fingerprint density at radius 3 is 2.62 bits per heavy atom. The van der Waals surface area contributed by atoms with Crippen LogP contribution in [0.25, 0.3) is 0 Å². The highest BCUT2D eigenvalue weighted by atomic mass is 79.9. The SMILES string of the molecule is CCCNC(c1csc(Br)c1)c1ccc(OCC)cc1Br. The number of ether oxygens (including phenoxy) is 1. The molecule has 1 heterocycles. The zero-order chi connectivity index (χ0) is 15.2. The molecular weight excluding hydrogens is 414 g/mol. The summed E-state index contributed by atoms with van der Waals surface area (Å²) in [6, 6.07) is 8.58. The van der Waals surface area contributed by atoms with E-state index in [1.807, 2.05) is 19.1 Å². The molecule has 1 aromatic heterocycles. The third-order valence-electron chi connectivity index (χ3n) is 3.11. The van der Waals surface area contributed by atoms with Gasteiger partial charge in [-0.2, -0.15) is 0 Å². The van der Waals surface area contributed by atoms with E-state index in [1.165, 1.54) is 11.1 Å². The lowest BCUT2D eigenvalue weighted by atomic mass is 10.0. The first kappa shape index (κ1) is 17.0. The molecule has 0 fully saturated rings. The first-order valence-electron chi connectivity index (χ1n) is 7.05. The van der Waals surface area contributed by atoms with E-state index < -0.39 is 0 Å². The van der Waals surface area contributed by atoms with Gasteiger partial charge in [-0.3, -0.25) is 0 Å². The zero-order valence-electron chi connectivity index (χ0n) is 12.2. The number of rotatable bonds is 7. The highest BCUT2D eigenvalue weighted by Crippen LogP contribution is 2.34. The van der Waals surface area contributed by atoms with Gasteiger partial charge in [0.15, 0.2) is 0 Å². The summed E-state index contributed by atoms with van der Waals surface area (Å²) in [5.41, 5.74) is 2.52. The van der Waals surface area contributed by atoms with E-state index in [0.717, 1.165) is 27.0 Å². The number of nitrogens with one attached hydrogen (secondary N) is 1. The maximum Gasteiger partial charge on any atom is 0.120 e. The minimum Gasteiger partial charge on any atom is -0.494 e. The molecule has 0 amide bonds. The van der Waals surface area contributed by atoms with Crippen molar-refractivity contribution in [2.24, 2.45) is 0 Å². The molecule has 0 aliphatic carbocycles. The number of hydrogen-bond acceptors (Lipinski definition) is 3. The Labute approximate surface area is 147 Å². The van der Waals surface area contributed by atoms with Crippen molar-refractivity contribution in [1.82, 2.24) is 5.32 Å². The quantitative estimate of drug-likeness (QED) is 0.600. The van der Waals surface area contributed by atoms with Crippen LogP contribution in [0.3, 0.4) is 0 Å². The maximum absolute atomic E-state index is 5.56. The Morgan fingerprint density at radius 1 is 1.24 bits per heavy atom. The Hall–Kier alpha value is -0.360. The van der Waals surface area contributed by atoms with Crippen LogP contribution in [0.5, 0.6) is 5.75 Å². The first-order valence-corrected chi connectivity index (χ1v) is 9.51. The molecule has 0 aliphatic rings. The van der Waals surface area contributed by atoms with Crippen molar-refractivity contribution >= 4 is 43.2 Å². The van der Waals surface area contributed by atoms with Crippen molar-refractivity contribution in [2.45, 2.75) is 26.3 Å². The summed E-state index contributed by atoms with van der Waals surface area (Å²) >= 11 is 8.95. The van der Waals surface area contributed by atoms with Crippen LogP contribution in [0, 0.1) is 0 Å². The molecule has 1 N–H and O–H groups in total. The summed E-state index contributed by atoms with van der Waals surface area (Å²) in [6.07, 6.45) is 1.11. The Bertz CT molecular complexity index is 585. The minimum absolute atomic E-state index is 0.192. The van der Waals surface area contributed by atoms with E-state index in [-0.39, 0.29) is 6.04 Å². The lowest BCUT2D eigenvalue weighted by molar-refractivity contribution is 0.340. The molecule has 1 unspecified atom stereocenters. The van der Waals surface area contributed by atoms with Gasteiger partial charge in [-0.25, -0.2) is 0 Å². The largest absolute Gasteiger partial charge is 0.494 e. The summed E-state index contributed by atoms with van der Waals surface area (Å²) in [5, 5.41) is 5.82. The van der Waals surface area contributed by atoms with Gasteiger partial charge in [-0.15, -0.1) is 11.3 Å². The fourth-order valence-electron chi connectivity index (χ4n) is 2.17. The maximum atomic E-state index is 5.56. The highest BCUT2D eigenvalue weighted by Gasteiger charge is 2.18. The summed E-state index contributed by atoms with van der Waals surface area (Å²) in [7, 11) is 0. The summed E-state index contributed by atoms with van der Waals surface area (Å²) in [6.45, 7) is 5.84. The van der Waals surface area contributed by atoms with Crippen LogP contribution in [-0.2, 0) is 0 Å². The molecule has 1 aromatic carbocycles. The number of thiophene rings is 1. The molecule has 114 valence electrons. The van der Waals surface area contributed by atoms with Gasteiger partial charge in [-0.1, -0.05) is 28.9 Å². The molecule has 2 nitrogen and oxygen atoms in total. The second-order valence-electron chi connectivity index (χ2n) is 4.69. The van der Waals surface area contributed by atoms with Gasteiger partial charge >= 0.3 is 0 Å². The Balaban J connectivity index is 2.32.